The number of carbonyl (C=O) groups is 1. The molecule has 26 heavy (non-hydrogen) atoms. The second-order valence-corrected chi connectivity index (χ2v) is 6.88. The van der Waals surface area contributed by atoms with E-state index in [-0.39, 0.29) is 12.5 Å². The maximum Gasteiger partial charge on any atom is 0.254 e. The Labute approximate surface area is 152 Å². The van der Waals surface area contributed by atoms with E-state index in [1.54, 1.807) is 17.4 Å². The maximum absolute atomic E-state index is 12.4. The number of amides is 1. The fraction of sp³-hybridized carbons (Fsp3) is 0.474. The van der Waals surface area contributed by atoms with Gasteiger partial charge >= 0.3 is 0 Å². The largest absolute Gasteiger partial charge is 0.490 e. The minimum Gasteiger partial charge on any atom is -0.490 e. The summed E-state index contributed by atoms with van der Waals surface area (Å²) in [5, 5.41) is 20.9. The van der Waals surface area contributed by atoms with Gasteiger partial charge < -0.3 is 24.4 Å². The molecule has 0 saturated carbocycles. The number of rotatable bonds is 6. The summed E-state index contributed by atoms with van der Waals surface area (Å²) >= 11 is 0. The number of para-hydroxylation sites is 1. The lowest BCUT2D eigenvalue weighted by Crippen LogP contribution is -2.51. The van der Waals surface area contributed by atoms with Crippen LogP contribution in [0.3, 0.4) is 0 Å². The van der Waals surface area contributed by atoms with Gasteiger partial charge in [-0.3, -0.25) is 4.79 Å². The second kappa shape index (κ2) is 7.88. The van der Waals surface area contributed by atoms with Crippen molar-refractivity contribution in [3.8, 4) is 5.75 Å². The molecule has 3 rings (SSSR count). The maximum atomic E-state index is 12.4. The van der Waals surface area contributed by atoms with Gasteiger partial charge in [-0.2, -0.15) is 0 Å². The fourth-order valence-corrected chi connectivity index (χ4v) is 3.19. The highest BCUT2D eigenvalue weighted by Gasteiger charge is 2.35. The van der Waals surface area contributed by atoms with Crippen molar-refractivity contribution >= 4 is 5.91 Å². The average Bonchev–Trinajstić information content (AvgIpc) is 3.13. The van der Waals surface area contributed by atoms with Crippen molar-refractivity contribution < 1.29 is 19.7 Å². The molecule has 1 amide bonds. The Morgan fingerprint density at radius 3 is 2.73 bits per heavy atom. The number of nitrogens with zero attached hydrogens (tertiary/aromatic N) is 3. The Morgan fingerprint density at radius 2 is 2.08 bits per heavy atom. The molecule has 2 aromatic rings. The van der Waals surface area contributed by atoms with Gasteiger partial charge in [-0.05, 0) is 31.4 Å². The zero-order valence-electron chi connectivity index (χ0n) is 14.9. The third kappa shape index (κ3) is 4.42. The van der Waals surface area contributed by atoms with Crippen LogP contribution in [0.4, 0.5) is 0 Å². The monoisotopic (exact) mass is 359 g/mol. The SMILES string of the molecule is Cc1ccccc1OCC(O)C(=O)N1CCC(O)(Cn2ccnc2)CC1. The van der Waals surface area contributed by atoms with E-state index in [2.05, 4.69) is 4.98 Å². The Bertz CT molecular complexity index is 724. The number of hydrogen-bond donors (Lipinski definition) is 2. The standard InChI is InChI=1S/C19H25N3O4/c1-15-4-2-3-5-17(15)26-12-16(23)18(24)22-9-6-19(25,7-10-22)13-21-11-8-20-14-21/h2-5,8,11,14,16,23,25H,6-7,9-10,12-13H2,1H3. The van der Waals surface area contributed by atoms with E-state index in [1.807, 2.05) is 42.0 Å². The van der Waals surface area contributed by atoms with Crippen LogP contribution >= 0.6 is 0 Å². The zero-order chi connectivity index (χ0) is 18.6. The van der Waals surface area contributed by atoms with Crippen molar-refractivity contribution in [1.82, 2.24) is 14.5 Å². The van der Waals surface area contributed by atoms with E-state index in [9.17, 15) is 15.0 Å². The van der Waals surface area contributed by atoms with Crippen LogP contribution in [0, 0.1) is 6.92 Å². The first-order valence-electron chi connectivity index (χ1n) is 8.80. The number of carbonyl (C=O) groups excluding carboxylic acids is 1. The number of ether oxygens (including phenoxy) is 1. The molecule has 1 saturated heterocycles. The number of piperidine rings is 1. The Morgan fingerprint density at radius 1 is 1.35 bits per heavy atom. The minimum absolute atomic E-state index is 0.0838. The molecule has 1 aromatic carbocycles. The molecule has 140 valence electrons. The van der Waals surface area contributed by atoms with E-state index in [0.717, 1.165) is 5.56 Å². The van der Waals surface area contributed by atoms with E-state index in [4.69, 9.17) is 4.74 Å². The summed E-state index contributed by atoms with van der Waals surface area (Å²) < 4.78 is 7.40. The minimum atomic E-state index is -1.21. The lowest BCUT2D eigenvalue weighted by Gasteiger charge is -2.39. The number of likely N-dealkylation sites (tertiary alicyclic amines) is 1. The molecular formula is C19H25N3O4. The van der Waals surface area contributed by atoms with Crippen LogP contribution in [0.25, 0.3) is 0 Å². The van der Waals surface area contributed by atoms with Gasteiger partial charge in [-0.1, -0.05) is 18.2 Å². The van der Waals surface area contributed by atoms with Crippen LogP contribution in [0.5, 0.6) is 5.75 Å². The van der Waals surface area contributed by atoms with Crippen LogP contribution in [0.15, 0.2) is 43.0 Å². The first kappa shape index (κ1) is 18.4. The molecule has 1 fully saturated rings. The van der Waals surface area contributed by atoms with E-state index in [1.165, 1.54) is 0 Å². The Balaban J connectivity index is 1.49. The highest BCUT2D eigenvalue weighted by Crippen LogP contribution is 2.24. The predicted octanol–water partition coefficient (Wildman–Crippen LogP) is 0.985. The highest BCUT2D eigenvalue weighted by molar-refractivity contribution is 5.81. The van der Waals surface area contributed by atoms with Gasteiger partial charge in [0, 0.05) is 25.5 Å². The van der Waals surface area contributed by atoms with Crippen molar-refractivity contribution in [3.63, 3.8) is 0 Å². The van der Waals surface area contributed by atoms with E-state index >= 15 is 0 Å². The van der Waals surface area contributed by atoms with Crippen molar-refractivity contribution in [3.05, 3.63) is 48.5 Å². The van der Waals surface area contributed by atoms with Crippen LogP contribution in [0.1, 0.15) is 18.4 Å². The van der Waals surface area contributed by atoms with Gasteiger partial charge in [0.25, 0.3) is 5.91 Å². The van der Waals surface area contributed by atoms with E-state index in [0.29, 0.717) is 38.2 Å². The van der Waals surface area contributed by atoms with Crippen LogP contribution < -0.4 is 4.74 Å². The lowest BCUT2D eigenvalue weighted by atomic mass is 9.91. The number of aryl methyl sites for hydroxylation is 1. The fourth-order valence-electron chi connectivity index (χ4n) is 3.19. The molecule has 2 heterocycles. The topological polar surface area (TPSA) is 87.8 Å². The Hall–Kier alpha value is -2.38. The average molecular weight is 359 g/mol. The van der Waals surface area contributed by atoms with Crippen molar-refractivity contribution in [2.45, 2.75) is 38.0 Å². The van der Waals surface area contributed by atoms with Crippen LogP contribution in [-0.4, -0.2) is 62.0 Å². The molecule has 0 radical (unpaired) electrons. The molecular weight excluding hydrogens is 334 g/mol. The molecule has 0 aliphatic carbocycles. The predicted molar refractivity (Wildman–Crippen MR) is 95.7 cm³/mol. The van der Waals surface area contributed by atoms with Crippen LogP contribution in [-0.2, 0) is 11.3 Å². The molecule has 0 bridgehead atoms. The molecule has 1 unspecified atom stereocenters. The summed E-state index contributed by atoms with van der Waals surface area (Å²) in [5.74, 6) is 0.302. The van der Waals surface area contributed by atoms with Gasteiger partial charge in [-0.15, -0.1) is 0 Å². The number of aliphatic hydroxyl groups excluding tert-OH is 1. The zero-order valence-corrected chi connectivity index (χ0v) is 14.9. The summed E-state index contributed by atoms with van der Waals surface area (Å²) in [6.07, 6.45) is 4.86. The van der Waals surface area contributed by atoms with Gasteiger partial charge in [0.05, 0.1) is 18.5 Å². The normalized spacial score (nSPS) is 17.7. The second-order valence-electron chi connectivity index (χ2n) is 6.88. The number of benzene rings is 1. The smallest absolute Gasteiger partial charge is 0.254 e. The molecule has 1 aromatic heterocycles. The molecule has 2 N–H and O–H groups in total. The van der Waals surface area contributed by atoms with Gasteiger partial charge in [0.1, 0.15) is 12.4 Å². The summed E-state index contributed by atoms with van der Waals surface area (Å²) in [5.41, 5.74) is 0.0924. The summed E-state index contributed by atoms with van der Waals surface area (Å²) in [7, 11) is 0. The van der Waals surface area contributed by atoms with Gasteiger partial charge in [0.15, 0.2) is 6.10 Å². The molecule has 1 aliphatic heterocycles. The molecule has 7 heteroatoms. The number of aliphatic hydroxyl groups is 2. The third-order valence-corrected chi connectivity index (χ3v) is 4.82. The Kier molecular flexibility index (Phi) is 5.58. The molecule has 1 aliphatic rings. The quantitative estimate of drug-likeness (QED) is 0.803. The highest BCUT2D eigenvalue weighted by atomic mass is 16.5. The van der Waals surface area contributed by atoms with Crippen LogP contribution in [0.2, 0.25) is 0 Å². The first-order chi connectivity index (χ1) is 12.5. The van der Waals surface area contributed by atoms with Crippen molar-refractivity contribution in [1.29, 1.82) is 0 Å². The summed E-state index contributed by atoms with van der Waals surface area (Å²) in [6, 6.07) is 7.48. The van der Waals surface area contributed by atoms with E-state index < -0.39 is 11.7 Å². The van der Waals surface area contributed by atoms with Gasteiger partial charge in [0.2, 0.25) is 0 Å². The van der Waals surface area contributed by atoms with Gasteiger partial charge in [-0.25, -0.2) is 4.98 Å². The van der Waals surface area contributed by atoms with Crippen molar-refractivity contribution in [2.75, 3.05) is 19.7 Å². The number of aromatic nitrogens is 2. The number of imidazole rings is 1. The number of hydrogen-bond acceptors (Lipinski definition) is 5. The molecule has 7 nitrogen and oxygen atoms in total. The third-order valence-electron chi connectivity index (χ3n) is 4.82. The molecule has 0 spiro atoms. The lowest BCUT2D eigenvalue weighted by molar-refractivity contribution is -0.146. The summed E-state index contributed by atoms with van der Waals surface area (Å²) in [4.78, 5) is 18.0. The summed E-state index contributed by atoms with van der Waals surface area (Å²) in [6.45, 7) is 3.10. The van der Waals surface area contributed by atoms with Crippen molar-refractivity contribution in [2.24, 2.45) is 0 Å². The first-order valence-corrected chi connectivity index (χ1v) is 8.80. The molecule has 1 atom stereocenters.